The van der Waals surface area contributed by atoms with Crippen LogP contribution in [0.3, 0.4) is 0 Å². The summed E-state index contributed by atoms with van der Waals surface area (Å²) in [6, 6.07) is 11.2. The molecule has 0 saturated carbocycles. The second-order valence-electron chi connectivity index (χ2n) is 9.09. The van der Waals surface area contributed by atoms with Gasteiger partial charge in [0.15, 0.2) is 6.23 Å². The molecule has 2 aliphatic heterocycles. The van der Waals surface area contributed by atoms with Crippen LogP contribution in [0.1, 0.15) is 30.5 Å². The van der Waals surface area contributed by atoms with Crippen molar-refractivity contribution < 1.29 is 9.50 Å². The van der Waals surface area contributed by atoms with Gasteiger partial charge in [-0.05, 0) is 69.1 Å². The van der Waals surface area contributed by atoms with Gasteiger partial charge in [-0.1, -0.05) is 24.3 Å². The Hall–Kier alpha value is -3.03. The van der Waals surface area contributed by atoms with Crippen molar-refractivity contribution in [3.63, 3.8) is 0 Å². The van der Waals surface area contributed by atoms with Gasteiger partial charge in [0, 0.05) is 17.6 Å². The minimum Gasteiger partial charge on any atom is -0.368 e. The molecule has 1 unspecified atom stereocenters. The molecule has 160 valence electrons. The Morgan fingerprint density at radius 2 is 2.00 bits per heavy atom. The van der Waals surface area contributed by atoms with Crippen LogP contribution in [0.25, 0.3) is 17.3 Å². The van der Waals surface area contributed by atoms with Crippen LogP contribution in [0, 0.1) is 12.7 Å². The summed E-state index contributed by atoms with van der Waals surface area (Å²) >= 11 is 0. The third-order valence-electron chi connectivity index (χ3n) is 6.50. The van der Waals surface area contributed by atoms with Gasteiger partial charge in [-0.25, -0.2) is 9.40 Å². The molecule has 5 rings (SSSR count). The molecule has 0 radical (unpaired) electrons. The van der Waals surface area contributed by atoms with Crippen LogP contribution >= 0.6 is 0 Å². The number of nitrogens with zero attached hydrogens (tertiary/aromatic N) is 4. The Bertz CT molecular complexity index is 1280. The van der Waals surface area contributed by atoms with E-state index < -0.39 is 12.0 Å². The number of fused-ring (bicyclic) bond motifs is 2. The minimum atomic E-state index is -1.09. The number of rotatable bonds is 2. The summed E-state index contributed by atoms with van der Waals surface area (Å²) in [5.74, 6) is -0.427. The number of aliphatic hydroxyl groups is 1. The molecule has 0 fully saturated rings. The first-order valence-electron chi connectivity index (χ1n) is 10.5. The summed E-state index contributed by atoms with van der Waals surface area (Å²) in [7, 11) is 2.15. The zero-order valence-corrected chi connectivity index (χ0v) is 18.1. The number of hydrogen-bond donors (Lipinski definition) is 2. The SMILES string of the molecule is Cc1cccc(F)c1N1N=c2c(-c3ccc4c(c3)CN(C)C(C)(C)C4)n[nH]c2=CC1O. The van der Waals surface area contributed by atoms with Crippen LogP contribution in [0.4, 0.5) is 10.1 Å². The lowest BCUT2D eigenvalue weighted by molar-refractivity contribution is 0.133. The number of hydrogen-bond acceptors (Lipinski definition) is 5. The van der Waals surface area contributed by atoms with Crippen molar-refractivity contribution in [2.24, 2.45) is 5.10 Å². The van der Waals surface area contributed by atoms with Crippen molar-refractivity contribution in [2.45, 2.75) is 45.5 Å². The third kappa shape index (κ3) is 3.25. The van der Waals surface area contributed by atoms with E-state index >= 15 is 0 Å². The molecule has 2 N–H and O–H groups in total. The molecule has 0 spiro atoms. The van der Waals surface area contributed by atoms with Gasteiger partial charge >= 0.3 is 0 Å². The highest BCUT2D eigenvalue weighted by Crippen LogP contribution is 2.31. The highest BCUT2D eigenvalue weighted by atomic mass is 19.1. The molecule has 2 aliphatic rings. The van der Waals surface area contributed by atoms with Crippen molar-refractivity contribution >= 4 is 11.8 Å². The molecule has 3 aromatic rings. The molecule has 1 aromatic heterocycles. The Labute approximate surface area is 180 Å². The maximum atomic E-state index is 14.6. The van der Waals surface area contributed by atoms with E-state index in [2.05, 4.69) is 59.3 Å². The quantitative estimate of drug-likeness (QED) is 0.670. The molecule has 0 saturated heterocycles. The summed E-state index contributed by atoms with van der Waals surface area (Å²) in [6.07, 6.45) is 1.51. The molecule has 7 heteroatoms. The standard InChI is InChI=1S/C24H26FN5O/c1-14-6-5-7-18(25)23(14)30-20(31)11-19-22(28-30)21(27-26-19)15-8-9-16-12-24(2,3)29(4)13-17(16)10-15/h5-11,20,26,31H,12-13H2,1-4H3. The van der Waals surface area contributed by atoms with Gasteiger partial charge in [-0.15, -0.1) is 0 Å². The maximum Gasteiger partial charge on any atom is 0.169 e. The summed E-state index contributed by atoms with van der Waals surface area (Å²) in [6.45, 7) is 7.18. The number of H-pyrrole nitrogens is 1. The van der Waals surface area contributed by atoms with E-state index in [9.17, 15) is 9.50 Å². The highest BCUT2D eigenvalue weighted by molar-refractivity contribution is 5.63. The number of para-hydroxylation sites is 1. The fourth-order valence-electron chi connectivity index (χ4n) is 4.41. The topological polar surface area (TPSA) is 67.8 Å². The van der Waals surface area contributed by atoms with E-state index in [1.54, 1.807) is 25.1 Å². The fourth-order valence-corrected chi connectivity index (χ4v) is 4.41. The van der Waals surface area contributed by atoms with Crippen LogP contribution in [-0.2, 0) is 13.0 Å². The van der Waals surface area contributed by atoms with Gasteiger partial charge < -0.3 is 5.11 Å². The van der Waals surface area contributed by atoms with E-state index in [4.69, 9.17) is 0 Å². The average Bonchev–Trinajstić information content (AvgIpc) is 3.11. The number of aromatic amines is 1. The second kappa shape index (κ2) is 7.00. The normalized spacial score (nSPS) is 19.9. The number of aryl methyl sites for hydroxylation is 1. The minimum absolute atomic E-state index is 0.124. The summed E-state index contributed by atoms with van der Waals surface area (Å²) in [5, 5.41) is 25.2. The van der Waals surface area contributed by atoms with Crippen LogP contribution in [0.2, 0.25) is 0 Å². The maximum absolute atomic E-state index is 14.6. The zero-order valence-electron chi connectivity index (χ0n) is 18.1. The first kappa shape index (κ1) is 19.9. The predicted molar refractivity (Wildman–Crippen MR) is 118 cm³/mol. The number of aromatic nitrogens is 2. The molecule has 0 aliphatic carbocycles. The number of anilines is 1. The van der Waals surface area contributed by atoms with E-state index in [1.165, 1.54) is 22.2 Å². The number of aliphatic hydroxyl groups excluding tert-OH is 1. The molecular weight excluding hydrogens is 393 g/mol. The lowest BCUT2D eigenvalue weighted by Crippen LogP contribution is -2.45. The summed E-state index contributed by atoms with van der Waals surface area (Å²) < 4.78 is 14.6. The molecule has 31 heavy (non-hydrogen) atoms. The lowest BCUT2D eigenvalue weighted by Gasteiger charge is -2.41. The molecule has 6 nitrogen and oxygen atoms in total. The predicted octanol–water partition coefficient (Wildman–Crippen LogP) is 2.44. The Morgan fingerprint density at radius 3 is 2.77 bits per heavy atom. The van der Waals surface area contributed by atoms with Crippen molar-refractivity contribution in [1.82, 2.24) is 15.1 Å². The van der Waals surface area contributed by atoms with Gasteiger partial charge in [0.1, 0.15) is 22.6 Å². The van der Waals surface area contributed by atoms with Crippen molar-refractivity contribution in [2.75, 3.05) is 12.1 Å². The van der Waals surface area contributed by atoms with Crippen LogP contribution in [-0.4, -0.2) is 39.0 Å². The van der Waals surface area contributed by atoms with Crippen LogP contribution < -0.4 is 15.7 Å². The fraction of sp³-hybridized carbons (Fsp3) is 0.333. The molecule has 2 aromatic carbocycles. The smallest absolute Gasteiger partial charge is 0.169 e. The molecule has 3 heterocycles. The average molecular weight is 420 g/mol. The van der Waals surface area contributed by atoms with Crippen LogP contribution in [0.15, 0.2) is 41.5 Å². The Kier molecular flexibility index (Phi) is 4.50. The van der Waals surface area contributed by atoms with Gasteiger partial charge in [0.05, 0.1) is 5.35 Å². The van der Waals surface area contributed by atoms with Gasteiger partial charge in [0.25, 0.3) is 0 Å². The van der Waals surface area contributed by atoms with Crippen molar-refractivity contribution in [3.05, 3.63) is 69.6 Å². The Morgan fingerprint density at radius 1 is 1.19 bits per heavy atom. The highest BCUT2D eigenvalue weighted by Gasteiger charge is 2.30. The number of halogens is 1. The first-order chi connectivity index (χ1) is 14.7. The molecular formula is C24H26FN5O. The van der Waals surface area contributed by atoms with Crippen LogP contribution in [0.5, 0.6) is 0 Å². The summed E-state index contributed by atoms with van der Waals surface area (Å²) in [4.78, 5) is 2.36. The van der Waals surface area contributed by atoms with E-state index in [0.717, 1.165) is 18.5 Å². The number of benzene rings is 2. The van der Waals surface area contributed by atoms with Crippen molar-refractivity contribution in [1.29, 1.82) is 0 Å². The lowest BCUT2D eigenvalue weighted by atomic mass is 9.85. The monoisotopic (exact) mass is 419 g/mol. The van der Waals surface area contributed by atoms with Gasteiger partial charge in [-0.2, -0.15) is 10.2 Å². The van der Waals surface area contributed by atoms with Gasteiger partial charge in [0.2, 0.25) is 0 Å². The molecule has 0 bridgehead atoms. The number of likely N-dealkylation sites (N-methyl/N-ethyl adjacent to an activating group) is 1. The second-order valence-corrected chi connectivity index (χ2v) is 9.09. The summed E-state index contributed by atoms with van der Waals surface area (Å²) in [5.41, 5.74) is 5.34. The van der Waals surface area contributed by atoms with E-state index in [1.807, 2.05) is 0 Å². The first-order valence-corrected chi connectivity index (χ1v) is 10.5. The Balaban J connectivity index is 1.62. The molecule has 1 atom stereocenters. The molecule has 0 amide bonds. The van der Waals surface area contributed by atoms with Crippen molar-refractivity contribution in [3.8, 4) is 11.3 Å². The largest absolute Gasteiger partial charge is 0.368 e. The third-order valence-corrected chi connectivity index (χ3v) is 6.50. The van der Waals surface area contributed by atoms with E-state index in [-0.39, 0.29) is 11.2 Å². The number of nitrogens with one attached hydrogen (secondary N) is 1. The van der Waals surface area contributed by atoms with Gasteiger partial charge in [-0.3, -0.25) is 10.00 Å². The zero-order chi connectivity index (χ0) is 21.9. The van der Waals surface area contributed by atoms with E-state index in [0.29, 0.717) is 22.0 Å².